The molecule has 0 bridgehead atoms. The fraction of sp³-hybridized carbons (Fsp3) is 0.429. The van der Waals surface area contributed by atoms with Crippen molar-refractivity contribution < 1.29 is 23.5 Å². The van der Waals surface area contributed by atoms with Crippen molar-refractivity contribution in [2.24, 2.45) is 5.73 Å². The van der Waals surface area contributed by atoms with Crippen molar-refractivity contribution in [3.63, 3.8) is 0 Å². The molecule has 1 aromatic rings. The molecule has 6 nitrogen and oxygen atoms in total. The Morgan fingerprint density at radius 1 is 1.38 bits per heavy atom. The Bertz CT molecular complexity index is 508. The summed E-state index contributed by atoms with van der Waals surface area (Å²) in [6.07, 6.45) is 0. The number of ether oxygens (including phenoxy) is 2. The third kappa shape index (κ3) is 5.49. The number of halogens is 1. The molecule has 0 aromatic heterocycles. The fourth-order valence-corrected chi connectivity index (χ4v) is 1.62. The van der Waals surface area contributed by atoms with Crippen LogP contribution in [-0.2, 0) is 20.9 Å². The average molecular weight is 298 g/mol. The summed E-state index contributed by atoms with van der Waals surface area (Å²) < 4.78 is 23.1. The number of carbonyl (C=O) groups excluding carboxylic acids is 2. The van der Waals surface area contributed by atoms with E-state index in [1.54, 1.807) is 0 Å². The van der Waals surface area contributed by atoms with Gasteiger partial charge in [0.1, 0.15) is 11.9 Å². The number of benzene rings is 1. The molecule has 0 saturated heterocycles. The van der Waals surface area contributed by atoms with Crippen molar-refractivity contribution in [3.8, 4) is 0 Å². The molecular formula is C14H19FN2O4. The second-order valence-electron chi connectivity index (χ2n) is 4.32. The van der Waals surface area contributed by atoms with Crippen LogP contribution in [-0.4, -0.2) is 38.2 Å². The highest BCUT2D eigenvalue weighted by atomic mass is 19.1. The molecule has 0 aliphatic rings. The minimum Gasteiger partial charge on any atom is -0.468 e. The van der Waals surface area contributed by atoms with Crippen LogP contribution in [0.15, 0.2) is 18.2 Å². The van der Waals surface area contributed by atoms with Gasteiger partial charge < -0.3 is 20.5 Å². The Labute approximate surface area is 122 Å². The molecule has 0 saturated carbocycles. The molecule has 0 spiro atoms. The van der Waals surface area contributed by atoms with Gasteiger partial charge in [0.2, 0.25) is 0 Å². The molecule has 21 heavy (non-hydrogen) atoms. The predicted octanol–water partition coefficient (Wildman–Crippen LogP) is 0.592. The molecule has 1 aromatic carbocycles. The lowest BCUT2D eigenvalue weighted by atomic mass is 10.1. The van der Waals surface area contributed by atoms with Crippen LogP contribution in [0.2, 0.25) is 0 Å². The molecule has 3 N–H and O–H groups in total. The van der Waals surface area contributed by atoms with Gasteiger partial charge in [0.15, 0.2) is 0 Å². The van der Waals surface area contributed by atoms with Gasteiger partial charge in [0.25, 0.3) is 5.91 Å². The standard InChI is InChI=1S/C14H19FN2O4/c1-3-21-8-9-4-10(6-11(15)5-9)13(18)17-7-12(16)14(19)20-2/h4-6,12H,3,7-8,16H2,1-2H3,(H,17,18). The summed E-state index contributed by atoms with van der Waals surface area (Å²) in [7, 11) is 1.20. The van der Waals surface area contributed by atoms with Crippen molar-refractivity contribution in [2.45, 2.75) is 19.6 Å². The third-order valence-electron chi connectivity index (χ3n) is 2.68. The van der Waals surface area contributed by atoms with Crippen LogP contribution >= 0.6 is 0 Å². The van der Waals surface area contributed by atoms with Crippen molar-refractivity contribution in [3.05, 3.63) is 35.1 Å². The highest BCUT2D eigenvalue weighted by molar-refractivity contribution is 5.94. The molecule has 116 valence electrons. The topological polar surface area (TPSA) is 90.6 Å². The maximum Gasteiger partial charge on any atom is 0.324 e. The first kappa shape index (κ1) is 17.1. The minimum absolute atomic E-state index is 0.0944. The molecule has 0 aliphatic heterocycles. The molecule has 1 atom stereocenters. The Hall–Kier alpha value is -1.99. The number of hydrogen-bond donors (Lipinski definition) is 2. The van der Waals surface area contributed by atoms with Crippen molar-refractivity contribution >= 4 is 11.9 Å². The zero-order chi connectivity index (χ0) is 15.8. The highest BCUT2D eigenvalue weighted by Crippen LogP contribution is 2.10. The summed E-state index contributed by atoms with van der Waals surface area (Å²) in [4.78, 5) is 23.0. The van der Waals surface area contributed by atoms with E-state index in [-0.39, 0.29) is 18.7 Å². The molecule has 7 heteroatoms. The maximum absolute atomic E-state index is 13.5. The van der Waals surface area contributed by atoms with Gasteiger partial charge in [-0.15, -0.1) is 0 Å². The number of amides is 1. The molecule has 1 rings (SSSR count). The van der Waals surface area contributed by atoms with Gasteiger partial charge in [0, 0.05) is 18.7 Å². The quantitative estimate of drug-likeness (QED) is 0.719. The second-order valence-corrected chi connectivity index (χ2v) is 4.32. The van der Waals surface area contributed by atoms with Crippen LogP contribution in [0.5, 0.6) is 0 Å². The van der Waals surface area contributed by atoms with E-state index in [0.717, 1.165) is 6.07 Å². The number of esters is 1. The summed E-state index contributed by atoms with van der Waals surface area (Å²) >= 11 is 0. The van der Waals surface area contributed by atoms with Crippen LogP contribution < -0.4 is 11.1 Å². The lowest BCUT2D eigenvalue weighted by molar-refractivity contribution is -0.141. The fourth-order valence-electron chi connectivity index (χ4n) is 1.62. The summed E-state index contributed by atoms with van der Waals surface area (Å²) in [5, 5.41) is 2.45. The van der Waals surface area contributed by atoms with Crippen molar-refractivity contribution in [1.82, 2.24) is 5.32 Å². The summed E-state index contributed by atoms with van der Waals surface area (Å²) in [6.45, 7) is 2.44. The minimum atomic E-state index is -0.963. The molecule has 0 radical (unpaired) electrons. The second kappa shape index (κ2) is 8.33. The van der Waals surface area contributed by atoms with E-state index in [1.165, 1.54) is 19.2 Å². The lowest BCUT2D eigenvalue weighted by Gasteiger charge is -2.11. The maximum atomic E-state index is 13.5. The Morgan fingerprint density at radius 3 is 2.71 bits per heavy atom. The molecule has 0 fully saturated rings. The molecule has 0 heterocycles. The number of rotatable bonds is 7. The molecular weight excluding hydrogens is 279 g/mol. The van der Waals surface area contributed by atoms with Crippen LogP contribution in [0.4, 0.5) is 4.39 Å². The number of nitrogens with one attached hydrogen (secondary N) is 1. The monoisotopic (exact) mass is 298 g/mol. The van der Waals surface area contributed by atoms with E-state index >= 15 is 0 Å². The zero-order valence-electron chi connectivity index (χ0n) is 12.0. The number of hydrogen-bond acceptors (Lipinski definition) is 5. The van der Waals surface area contributed by atoms with Gasteiger partial charge in [-0.1, -0.05) is 0 Å². The molecule has 1 unspecified atom stereocenters. The number of nitrogens with two attached hydrogens (primary N) is 1. The lowest BCUT2D eigenvalue weighted by Crippen LogP contribution is -2.43. The van der Waals surface area contributed by atoms with Gasteiger partial charge in [-0.05, 0) is 30.7 Å². The first-order valence-corrected chi connectivity index (χ1v) is 6.46. The van der Waals surface area contributed by atoms with Crippen LogP contribution in [0.1, 0.15) is 22.8 Å². The Balaban J connectivity index is 2.69. The van der Waals surface area contributed by atoms with E-state index in [0.29, 0.717) is 12.2 Å². The smallest absolute Gasteiger partial charge is 0.324 e. The summed E-state index contributed by atoms with van der Waals surface area (Å²) in [5.74, 6) is -1.69. The van der Waals surface area contributed by atoms with Crippen molar-refractivity contribution in [1.29, 1.82) is 0 Å². The first-order chi connectivity index (χ1) is 9.97. The normalized spacial score (nSPS) is 11.8. The van der Waals surface area contributed by atoms with E-state index in [2.05, 4.69) is 10.1 Å². The summed E-state index contributed by atoms with van der Waals surface area (Å²) in [5.41, 5.74) is 6.19. The predicted molar refractivity (Wildman–Crippen MR) is 74.1 cm³/mol. The van der Waals surface area contributed by atoms with Gasteiger partial charge in [0.05, 0.1) is 13.7 Å². The van der Waals surface area contributed by atoms with Crippen LogP contribution in [0, 0.1) is 5.82 Å². The molecule has 1 amide bonds. The van der Waals surface area contributed by atoms with E-state index in [4.69, 9.17) is 10.5 Å². The molecule has 0 aliphatic carbocycles. The number of carbonyl (C=O) groups is 2. The zero-order valence-corrected chi connectivity index (χ0v) is 12.0. The van der Waals surface area contributed by atoms with Crippen LogP contribution in [0.3, 0.4) is 0 Å². The Kier molecular flexibility index (Phi) is 6.77. The van der Waals surface area contributed by atoms with Crippen LogP contribution in [0.25, 0.3) is 0 Å². The number of methoxy groups -OCH3 is 1. The van der Waals surface area contributed by atoms with Gasteiger partial charge >= 0.3 is 5.97 Å². The Morgan fingerprint density at radius 2 is 2.10 bits per heavy atom. The van der Waals surface area contributed by atoms with E-state index in [1.807, 2.05) is 6.92 Å². The first-order valence-electron chi connectivity index (χ1n) is 6.46. The average Bonchev–Trinajstić information content (AvgIpc) is 2.48. The van der Waals surface area contributed by atoms with Gasteiger partial charge in [-0.25, -0.2) is 4.39 Å². The SMILES string of the molecule is CCOCc1cc(F)cc(C(=O)NCC(N)C(=O)OC)c1. The van der Waals surface area contributed by atoms with E-state index < -0.39 is 23.7 Å². The highest BCUT2D eigenvalue weighted by Gasteiger charge is 2.16. The third-order valence-corrected chi connectivity index (χ3v) is 2.68. The van der Waals surface area contributed by atoms with Gasteiger partial charge in [-0.3, -0.25) is 9.59 Å². The van der Waals surface area contributed by atoms with Crippen molar-refractivity contribution in [2.75, 3.05) is 20.3 Å². The largest absolute Gasteiger partial charge is 0.468 e. The van der Waals surface area contributed by atoms with Gasteiger partial charge in [-0.2, -0.15) is 0 Å². The summed E-state index contributed by atoms with van der Waals surface area (Å²) in [6, 6.07) is 2.97. The van der Waals surface area contributed by atoms with E-state index in [9.17, 15) is 14.0 Å².